The zero-order valence-corrected chi connectivity index (χ0v) is 12.1. The summed E-state index contributed by atoms with van der Waals surface area (Å²) in [7, 11) is 0. The van der Waals surface area contributed by atoms with Crippen LogP contribution in [0.4, 0.5) is 24.7 Å². The van der Waals surface area contributed by atoms with Gasteiger partial charge in [-0.05, 0) is 26.0 Å². The second-order valence-corrected chi connectivity index (χ2v) is 5.35. The fourth-order valence-electron chi connectivity index (χ4n) is 2.39. The normalized spacial score (nSPS) is 20.3. The lowest BCUT2D eigenvalue weighted by molar-refractivity contribution is 0.151. The molecule has 0 aliphatic carbocycles. The molecule has 2 atom stereocenters. The topological polar surface area (TPSA) is 49.8 Å². The summed E-state index contributed by atoms with van der Waals surface area (Å²) in [5.74, 6) is -0.153. The van der Waals surface area contributed by atoms with Crippen molar-refractivity contribution < 1.29 is 13.2 Å². The molecule has 0 amide bonds. The van der Waals surface area contributed by atoms with E-state index < -0.39 is 12.2 Å². The molecule has 4 nitrogen and oxygen atoms in total. The first-order valence-corrected chi connectivity index (χ1v) is 6.93. The molecule has 1 aromatic heterocycles. The number of hydrogen-bond acceptors (Lipinski definition) is 4. The average molecular weight is 308 g/mol. The molecule has 0 radical (unpaired) electrons. The molecule has 1 aliphatic rings. The lowest BCUT2D eigenvalue weighted by Gasteiger charge is -2.31. The Morgan fingerprint density at radius 2 is 1.82 bits per heavy atom. The molecule has 2 aromatic rings. The van der Waals surface area contributed by atoms with Crippen LogP contribution in [0.2, 0.25) is 0 Å². The van der Waals surface area contributed by atoms with E-state index in [2.05, 4.69) is 20.6 Å². The van der Waals surface area contributed by atoms with Gasteiger partial charge in [0.2, 0.25) is 0 Å². The summed E-state index contributed by atoms with van der Waals surface area (Å²) in [6.45, 7) is 3.98. The molecule has 0 spiro atoms. The zero-order valence-electron chi connectivity index (χ0n) is 12.1. The third kappa shape index (κ3) is 2.47. The number of halogens is 3. The Kier molecular flexibility index (Phi) is 3.64. The minimum atomic E-state index is -2.71. The molecule has 2 N–H and O–H groups in total. The van der Waals surface area contributed by atoms with Crippen LogP contribution in [-0.2, 0) is 0 Å². The summed E-state index contributed by atoms with van der Waals surface area (Å²) in [6, 6.07) is 3.63. The first kappa shape index (κ1) is 14.6. The highest BCUT2D eigenvalue weighted by Gasteiger charge is 2.26. The van der Waals surface area contributed by atoms with Crippen LogP contribution in [0.5, 0.6) is 0 Å². The molecule has 7 heteroatoms. The molecule has 116 valence electrons. The number of benzene rings is 1. The second-order valence-electron chi connectivity index (χ2n) is 5.35. The number of hydrogen-bond donors (Lipinski definition) is 2. The lowest BCUT2D eigenvalue weighted by Crippen LogP contribution is -2.39. The van der Waals surface area contributed by atoms with Gasteiger partial charge in [0, 0.05) is 23.2 Å². The van der Waals surface area contributed by atoms with Crippen LogP contribution in [0.3, 0.4) is 0 Å². The molecule has 0 fully saturated rings. The third-order valence-corrected chi connectivity index (χ3v) is 3.83. The zero-order chi connectivity index (χ0) is 15.9. The van der Waals surface area contributed by atoms with Crippen LogP contribution in [0.15, 0.2) is 24.5 Å². The average Bonchev–Trinajstić information content (AvgIpc) is 2.48. The number of nitrogens with zero attached hydrogens (tertiary/aromatic N) is 2. The summed E-state index contributed by atoms with van der Waals surface area (Å²) in [6.07, 6.45) is -1.38. The van der Waals surface area contributed by atoms with Gasteiger partial charge in [0.05, 0.1) is 0 Å². The number of aromatic nitrogens is 2. The molecule has 3 rings (SSSR count). The maximum absolute atomic E-state index is 14.2. The van der Waals surface area contributed by atoms with Gasteiger partial charge in [0.15, 0.2) is 5.82 Å². The van der Waals surface area contributed by atoms with Gasteiger partial charge in [-0.2, -0.15) is 0 Å². The number of alkyl halides is 2. The van der Waals surface area contributed by atoms with E-state index in [-0.39, 0.29) is 23.2 Å². The van der Waals surface area contributed by atoms with Crippen molar-refractivity contribution in [3.63, 3.8) is 0 Å². The maximum atomic E-state index is 14.2. The molecular formula is C15H15F3N4. The van der Waals surface area contributed by atoms with Gasteiger partial charge < -0.3 is 10.6 Å². The van der Waals surface area contributed by atoms with Crippen molar-refractivity contribution in [2.75, 3.05) is 10.6 Å². The molecule has 22 heavy (non-hydrogen) atoms. The fraction of sp³-hybridized carbons (Fsp3) is 0.333. The van der Waals surface area contributed by atoms with E-state index in [0.717, 1.165) is 6.07 Å². The summed E-state index contributed by atoms with van der Waals surface area (Å²) < 4.78 is 39.5. The van der Waals surface area contributed by atoms with Crippen molar-refractivity contribution in [2.24, 2.45) is 0 Å². The highest BCUT2D eigenvalue weighted by Crippen LogP contribution is 2.36. The smallest absolute Gasteiger partial charge is 0.263 e. The quantitative estimate of drug-likeness (QED) is 0.885. The van der Waals surface area contributed by atoms with Gasteiger partial charge in [-0.1, -0.05) is 6.07 Å². The predicted octanol–water partition coefficient (Wildman–Crippen LogP) is 3.83. The van der Waals surface area contributed by atoms with Crippen molar-refractivity contribution in [2.45, 2.75) is 32.4 Å². The highest BCUT2D eigenvalue weighted by molar-refractivity contribution is 5.84. The Hall–Kier alpha value is -2.31. The molecule has 1 aliphatic heterocycles. The van der Waals surface area contributed by atoms with Gasteiger partial charge in [-0.15, -0.1) is 0 Å². The van der Waals surface area contributed by atoms with Crippen molar-refractivity contribution in [1.82, 2.24) is 9.97 Å². The van der Waals surface area contributed by atoms with Gasteiger partial charge in [-0.25, -0.2) is 23.1 Å². The van der Waals surface area contributed by atoms with E-state index in [9.17, 15) is 13.2 Å². The largest absolute Gasteiger partial charge is 0.376 e. The van der Waals surface area contributed by atoms with Crippen molar-refractivity contribution in [3.8, 4) is 11.3 Å². The number of nitrogens with one attached hydrogen (secondary N) is 2. The molecule has 0 saturated heterocycles. The van der Waals surface area contributed by atoms with E-state index in [1.807, 2.05) is 13.8 Å². The standard InChI is InChI=1S/C15H15F3N4/c1-7-8(2)22-15-13(21-7)12(19-6-20-15)10-4-3-9(14(17)18)5-11(10)16/h3-8,14,21H,1-2H3,(H,19,20,22). The Balaban J connectivity index is 2.08. The van der Waals surface area contributed by atoms with Crippen LogP contribution in [0.25, 0.3) is 11.3 Å². The molecule has 2 unspecified atom stereocenters. The predicted molar refractivity (Wildman–Crippen MR) is 78.6 cm³/mol. The van der Waals surface area contributed by atoms with Crippen LogP contribution < -0.4 is 10.6 Å². The van der Waals surface area contributed by atoms with Crippen LogP contribution in [0.1, 0.15) is 25.8 Å². The maximum Gasteiger partial charge on any atom is 0.263 e. The summed E-state index contributed by atoms with van der Waals surface area (Å²) in [5.41, 5.74) is 0.753. The minimum Gasteiger partial charge on any atom is -0.376 e. The number of fused-ring (bicyclic) bond motifs is 1. The van der Waals surface area contributed by atoms with Crippen molar-refractivity contribution in [3.05, 3.63) is 35.9 Å². The Bertz CT molecular complexity index is 705. The van der Waals surface area contributed by atoms with Gasteiger partial charge >= 0.3 is 0 Å². The minimum absolute atomic E-state index is 0.0978. The van der Waals surface area contributed by atoms with E-state index >= 15 is 0 Å². The Morgan fingerprint density at radius 1 is 1.09 bits per heavy atom. The SMILES string of the molecule is CC1Nc2ncnc(-c3ccc(C(F)F)cc3F)c2NC1C. The Morgan fingerprint density at radius 3 is 2.50 bits per heavy atom. The first-order chi connectivity index (χ1) is 10.5. The van der Waals surface area contributed by atoms with Gasteiger partial charge in [-0.3, -0.25) is 0 Å². The Labute approximate surface area is 125 Å². The van der Waals surface area contributed by atoms with E-state index in [4.69, 9.17) is 0 Å². The summed E-state index contributed by atoms with van der Waals surface area (Å²) in [5, 5.41) is 6.45. The third-order valence-electron chi connectivity index (χ3n) is 3.83. The fourth-order valence-corrected chi connectivity index (χ4v) is 2.39. The van der Waals surface area contributed by atoms with E-state index in [0.29, 0.717) is 17.2 Å². The van der Waals surface area contributed by atoms with Crippen LogP contribution in [0, 0.1) is 5.82 Å². The molecule has 0 bridgehead atoms. The molecule has 1 aromatic carbocycles. The first-order valence-electron chi connectivity index (χ1n) is 6.93. The van der Waals surface area contributed by atoms with Crippen LogP contribution >= 0.6 is 0 Å². The van der Waals surface area contributed by atoms with Gasteiger partial charge in [0.25, 0.3) is 6.43 Å². The molecule has 2 heterocycles. The highest BCUT2D eigenvalue weighted by atomic mass is 19.3. The number of rotatable bonds is 2. The van der Waals surface area contributed by atoms with E-state index in [1.54, 1.807) is 0 Å². The van der Waals surface area contributed by atoms with Crippen molar-refractivity contribution in [1.29, 1.82) is 0 Å². The monoisotopic (exact) mass is 308 g/mol. The summed E-state index contributed by atoms with van der Waals surface area (Å²) >= 11 is 0. The van der Waals surface area contributed by atoms with Crippen LogP contribution in [-0.4, -0.2) is 22.1 Å². The molecule has 0 saturated carbocycles. The van der Waals surface area contributed by atoms with Crippen molar-refractivity contribution >= 4 is 11.5 Å². The van der Waals surface area contributed by atoms with E-state index in [1.165, 1.54) is 18.5 Å². The molecular weight excluding hydrogens is 293 g/mol. The number of anilines is 2. The second kappa shape index (κ2) is 5.47. The summed E-state index contributed by atoms with van der Waals surface area (Å²) in [4.78, 5) is 8.25. The van der Waals surface area contributed by atoms with Gasteiger partial charge in [0.1, 0.15) is 23.5 Å². The lowest BCUT2D eigenvalue weighted by atomic mass is 10.0.